The van der Waals surface area contributed by atoms with Crippen LogP contribution in [0, 0.1) is 0 Å². The molecule has 0 fully saturated rings. The third kappa shape index (κ3) is 2.88. The standard InChI is InChI=1S/C18H16N4OS/c23-18(13-6-3-5-12-11-20-22-17(12)13)19-10-4-9-16-21-14-7-1-2-8-15(14)24-16/h1-3,5-8,11H,4,9-10H2,(H,19,23)(H,20,22). The van der Waals surface area contributed by atoms with Crippen molar-refractivity contribution in [2.45, 2.75) is 12.8 Å². The fourth-order valence-electron chi connectivity index (χ4n) is 2.72. The lowest BCUT2D eigenvalue weighted by Crippen LogP contribution is -2.25. The molecule has 0 aliphatic rings. The van der Waals surface area contributed by atoms with E-state index in [4.69, 9.17) is 0 Å². The van der Waals surface area contributed by atoms with Gasteiger partial charge in [0, 0.05) is 18.4 Å². The van der Waals surface area contributed by atoms with Gasteiger partial charge in [0.25, 0.3) is 5.91 Å². The summed E-state index contributed by atoms with van der Waals surface area (Å²) in [5.41, 5.74) is 2.46. The second-order valence-corrected chi connectivity index (χ2v) is 6.69. The van der Waals surface area contributed by atoms with Crippen LogP contribution < -0.4 is 5.32 Å². The maximum atomic E-state index is 12.3. The molecule has 0 unspecified atom stereocenters. The summed E-state index contributed by atoms with van der Waals surface area (Å²) in [5, 5.41) is 11.9. The van der Waals surface area contributed by atoms with Crippen LogP contribution in [0.5, 0.6) is 0 Å². The monoisotopic (exact) mass is 336 g/mol. The van der Waals surface area contributed by atoms with E-state index in [0.717, 1.165) is 34.3 Å². The summed E-state index contributed by atoms with van der Waals surface area (Å²) >= 11 is 1.72. The Kier molecular flexibility index (Phi) is 3.96. The highest BCUT2D eigenvalue weighted by molar-refractivity contribution is 7.18. The molecular formula is C18H16N4OS. The number of carbonyl (C=O) groups is 1. The van der Waals surface area contributed by atoms with E-state index in [1.54, 1.807) is 17.5 Å². The number of rotatable bonds is 5. The normalized spacial score (nSPS) is 11.2. The van der Waals surface area contributed by atoms with Crippen LogP contribution in [0.2, 0.25) is 0 Å². The quantitative estimate of drug-likeness (QED) is 0.548. The van der Waals surface area contributed by atoms with Gasteiger partial charge in [-0.3, -0.25) is 9.89 Å². The number of thiazole rings is 1. The molecule has 0 bridgehead atoms. The maximum Gasteiger partial charge on any atom is 0.253 e. The molecule has 4 aromatic rings. The van der Waals surface area contributed by atoms with E-state index in [1.165, 1.54) is 4.70 Å². The molecule has 2 N–H and O–H groups in total. The Morgan fingerprint density at radius 1 is 1.17 bits per heavy atom. The molecule has 0 saturated heterocycles. The lowest BCUT2D eigenvalue weighted by atomic mass is 10.1. The first-order valence-electron chi connectivity index (χ1n) is 7.86. The zero-order chi connectivity index (χ0) is 16.4. The van der Waals surface area contributed by atoms with Crippen LogP contribution in [-0.2, 0) is 6.42 Å². The third-order valence-electron chi connectivity index (χ3n) is 3.91. The highest BCUT2D eigenvalue weighted by atomic mass is 32.1. The zero-order valence-corrected chi connectivity index (χ0v) is 13.8. The van der Waals surface area contributed by atoms with Crippen molar-refractivity contribution in [3.05, 3.63) is 59.2 Å². The van der Waals surface area contributed by atoms with E-state index in [9.17, 15) is 4.79 Å². The van der Waals surface area contributed by atoms with E-state index in [2.05, 4.69) is 26.6 Å². The Bertz CT molecular complexity index is 971. The fraction of sp³-hybridized carbons (Fsp3) is 0.167. The number of H-pyrrole nitrogens is 1. The Morgan fingerprint density at radius 2 is 2.08 bits per heavy atom. The minimum absolute atomic E-state index is 0.0749. The highest BCUT2D eigenvalue weighted by Crippen LogP contribution is 2.22. The molecule has 6 heteroatoms. The minimum atomic E-state index is -0.0749. The Balaban J connectivity index is 1.35. The molecule has 2 heterocycles. The average Bonchev–Trinajstić information content (AvgIpc) is 3.24. The summed E-state index contributed by atoms with van der Waals surface area (Å²) in [6.07, 6.45) is 3.46. The predicted octanol–water partition coefficient (Wildman–Crippen LogP) is 3.54. The van der Waals surface area contributed by atoms with Crippen LogP contribution >= 0.6 is 11.3 Å². The van der Waals surface area contributed by atoms with Crippen molar-refractivity contribution in [2.75, 3.05) is 6.54 Å². The van der Waals surface area contributed by atoms with Gasteiger partial charge in [0.05, 0.1) is 32.5 Å². The van der Waals surface area contributed by atoms with Crippen molar-refractivity contribution in [3.8, 4) is 0 Å². The van der Waals surface area contributed by atoms with Gasteiger partial charge in [0.1, 0.15) is 0 Å². The third-order valence-corrected chi connectivity index (χ3v) is 5.01. The number of benzene rings is 2. The van der Waals surface area contributed by atoms with E-state index in [1.807, 2.05) is 36.4 Å². The number of nitrogens with one attached hydrogen (secondary N) is 2. The molecule has 2 aromatic carbocycles. The lowest BCUT2D eigenvalue weighted by Gasteiger charge is -2.05. The fourth-order valence-corrected chi connectivity index (χ4v) is 3.73. The van der Waals surface area contributed by atoms with Gasteiger partial charge in [-0.2, -0.15) is 5.10 Å². The first kappa shape index (κ1) is 14.8. The molecule has 2 aromatic heterocycles. The van der Waals surface area contributed by atoms with Gasteiger partial charge in [-0.05, 0) is 24.6 Å². The van der Waals surface area contributed by atoms with Crippen LogP contribution in [0.3, 0.4) is 0 Å². The summed E-state index contributed by atoms with van der Waals surface area (Å²) in [6, 6.07) is 13.8. The van der Waals surface area contributed by atoms with Gasteiger partial charge in [-0.25, -0.2) is 4.98 Å². The minimum Gasteiger partial charge on any atom is -0.352 e. The average molecular weight is 336 g/mol. The predicted molar refractivity (Wildman–Crippen MR) is 96.4 cm³/mol. The van der Waals surface area contributed by atoms with Crippen molar-refractivity contribution < 1.29 is 4.79 Å². The number of aromatic nitrogens is 3. The van der Waals surface area contributed by atoms with Gasteiger partial charge in [0.15, 0.2) is 0 Å². The number of aromatic amines is 1. The lowest BCUT2D eigenvalue weighted by molar-refractivity contribution is 0.0954. The summed E-state index contributed by atoms with van der Waals surface area (Å²) in [7, 11) is 0. The van der Waals surface area contributed by atoms with Crippen LogP contribution in [0.4, 0.5) is 0 Å². The molecule has 0 spiro atoms. The van der Waals surface area contributed by atoms with Gasteiger partial charge >= 0.3 is 0 Å². The molecule has 0 saturated carbocycles. The Labute approximate surface area is 142 Å². The van der Waals surface area contributed by atoms with Crippen molar-refractivity contribution in [3.63, 3.8) is 0 Å². The van der Waals surface area contributed by atoms with Crippen molar-refractivity contribution in [1.29, 1.82) is 0 Å². The molecular weight excluding hydrogens is 320 g/mol. The second kappa shape index (κ2) is 6.41. The number of hydrogen-bond acceptors (Lipinski definition) is 4. The molecule has 0 aliphatic heterocycles. The van der Waals surface area contributed by atoms with Crippen molar-refractivity contribution in [2.24, 2.45) is 0 Å². The van der Waals surface area contributed by atoms with Gasteiger partial charge < -0.3 is 5.32 Å². The SMILES string of the molecule is O=C(NCCCc1nc2ccccc2s1)c1cccc2cn[nH]c12. The number of fused-ring (bicyclic) bond motifs is 2. The first-order chi connectivity index (χ1) is 11.8. The van der Waals surface area contributed by atoms with Gasteiger partial charge in [-0.1, -0.05) is 24.3 Å². The highest BCUT2D eigenvalue weighted by Gasteiger charge is 2.10. The van der Waals surface area contributed by atoms with Crippen molar-refractivity contribution in [1.82, 2.24) is 20.5 Å². The molecule has 24 heavy (non-hydrogen) atoms. The topological polar surface area (TPSA) is 70.7 Å². The van der Waals surface area contributed by atoms with Crippen molar-refractivity contribution >= 4 is 38.4 Å². The summed E-state index contributed by atoms with van der Waals surface area (Å²) in [5.74, 6) is -0.0749. The zero-order valence-electron chi connectivity index (χ0n) is 13.0. The van der Waals surface area contributed by atoms with E-state index in [-0.39, 0.29) is 5.91 Å². The first-order valence-corrected chi connectivity index (χ1v) is 8.68. The summed E-state index contributed by atoms with van der Waals surface area (Å²) in [6.45, 7) is 0.624. The Morgan fingerprint density at radius 3 is 3.00 bits per heavy atom. The molecule has 0 radical (unpaired) electrons. The smallest absolute Gasteiger partial charge is 0.253 e. The van der Waals surface area contributed by atoms with E-state index in [0.29, 0.717) is 12.1 Å². The molecule has 0 atom stereocenters. The molecule has 120 valence electrons. The van der Waals surface area contributed by atoms with Gasteiger partial charge in [0.2, 0.25) is 0 Å². The van der Waals surface area contributed by atoms with Gasteiger partial charge in [-0.15, -0.1) is 11.3 Å². The largest absolute Gasteiger partial charge is 0.352 e. The number of amides is 1. The number of para-hydroxylation sites is 2. The van der Waals surface area contributed by atoms with E-state index >= 15 is 0 Å². The molecule has 1 amide bonds. The van der Waals surface area contributed by atoms with Crippen LogP contribution in [0.25, 0.3) is 21.1 Å². The van der Waals surface area contributed by atoms with Crippen LogP contribution in [-0.4, -0.2) is 27.6 Å². The number of carbonyl (C=O) groups excluding carboxylic acids is 1. The summed E-state index contributed by atoms with van der Waals surface area (Å²) < 4.78 is 1.21. The van der Waals surface area contributed by atoms with Crippen LogP contribution in [0.15, 0.2) is 48.7 Å². The van der Waals surface area contributed by atoms with Crippen LogP contribution in [0.1, 0.15) is 21.8 Å². The number of hydrogen-bond donors (Lipinski definition) is 2. The maximum absolute atomic E-state index is 12.3. The molecule has 4 rings (SSSR count). The second-order valence-electron chi connectivity index (χ2n) is 5.57. The Hall–Kier alpha value is -2.73. The summed E-state index contributed by atoms with van der Waals surface area (Å²) in [4.78, 5) is 17.0. The number of nitrogens with zero attached hydrogens (tertiary/aromatic N) is 2. The molecule has 5 nitrogen and oxygen atoms in total. The number of aryl methyl sites for hydroxylation is 1. The van der Waals surface area contributed by atoms with E-state index < -0.39 is 0 Å². The molecule has 0 aliphatic carbocycles.